The van der Waals surface area contributed by atoms with Gasteiger partial charge in [-0.25, -0.2) is 4.98 Å². The maximum absolute atomic E-state index is 4.63. The molecule has 0 spiro atoms. The molecular formula is C21H24N4. The van der Waals surface area contributed by atoms with Crippen molar-refractivity contribution < 1.29 is 0 Å². The van der Waals surface area contributed by atoms with E-state index in [0.717, 1.165) is 22.9 Å². The van der Waals surface area contributed by atoms with Crippen LogP contribution in [0, 0.1) is 34.6 Å². The summed E-state index contributed by atoms with van der Waals surface area (Å²) in [5.74, 6) is 1.38. The first-order valence-corrected chi connectivity index (χ1v) is 8.46. The highest BCUT2D eigenvalue weighted by Crippen LogP contribution is 2.25. The van der Waals surface area contributed by atoms with Crippen LogP contribution in [-0.4, -0.2) is 9.97 Å². The Kier molecular flexibility index (Phi) is 4.70. The third kappa shape index (κ3) is 3.79. The highest BCUT2D eigenvalue weighted by atomic mass is 15.1. The molecule has 0 aliphatic carbocycles. The van der Waals surface area contributed by atoms with Crippen LogP contribution in [0.1, 0.15) is 27.9 Å². The molecule has 0 amide bonds. The second-order valence-corrected chi connectivity index (χ2v) is 6.46. The molecule has 3 aromatic rings. The van der Waals surface area contributed by atoms with Gasteiger partial charge in [0.15, 0.2) is 0 Å². The summed E-state index contributed by atoms with van der Waals surface area (Å²) < 4.78 is 0. The van der Waals surface area contributed by atoms with Gasteiger partial charge in [-0.15, -0.1) is 0 Å². The Bertz CT molecular complexity index is 844. The third-order valence-electron chi connectivity index (χ3n) is 4.57. The average molecular weight is 332 g/mol. The summed E-state index contributed by atoms with van der Waals surface area (Å²) in [6.07, 6.45) is 0. The molecule has 0 aliphatic heterocycles. The van der Waals surface area contributed by atoms with Crippen LogP contribution < -0.4 is 10.6 Å². The number of nitrogens with one attached hydrogen (secondary N) is 2. The van der Waals surface area contributed by atoms with Crippen LogP contribution in [0.2, 0.25) is 0 Å². The van der Waals surface area contributed by atoms with Gasteiger partial charge in [-0.05, 0) is 69.0 Å². The third-order valence-corrected chi connectivity index (χ3v) is 4.57. The highest BCUT2D eigenvalue weighted by molar-refractivity contribution is 5.65. The monoisotopic (exact) mass is 332 g/mol. The zero-order valence-corrected chi connectivity index (χ0v) is 15.4. The molecule has 0 saturated carbocycles. The summed E-state index contributed by atoms with van der Waals surface area (Å²) in [4.78, 5) is 9.15. The smallest absolute Gasteiger partial charge is 0.229 e. The van der Waals surface area contributed by atoms with E-state index in [9.17, 15) is 0 Å². The topological polar surface area (TPSA) is 49.8 Å². The molecule has 0 aliphatic rings. The Morgan fingerprint density at radius 3 is 1.84 bits per heavy atom. The van der Waals surface area contributed by atoms with Crippen molar-refractivity contribution in [1.29, 1.82) is 0 Å². The van der Waals surface area contributed by atoms with E-state index in [1.807, 2.05) is 31.2 Å². The molecule has 0 saturated heterocycles. The van der Waals surface area contributed by atoms with Gasteiger partial charge in [0.25, 0.3) is 0 Å². The summed E-state index contributed by atoms with van der Waals surface area (Å²) in [7, 11) is 0. The number of rotatable bonds is 4. The van der Waals surface area contributed by atoms with Crippen molar-refractivity contribution >= 4 is 23.1 Å². The molecule has 2 aromatic carbocycles. The number of aromatic nitrogens is 2. The van der Waals surface area contributed by atoms with Crippen molar-refractivity contribution in [2.45, 2.75) is 34.6 Å². The van der Waals surface area contributed by atoms with Crippen LogP contribution in [-0.2, 0) is 0 Å². The Morgan fingerprint density at radius 1 is 0.680 bits per heavy atom. The average Bonchev–Trinajstić information content (AvgIpc) is 2.56. The molecule has 1 aromatic heterocycles. The first-order chi connectivity index (χ1) is 11.9. The Labute approximate surface area is 149 Å². The van der Waals surface area contributed by atoms with Crippen LogP contribution in [0.4, 0.5) is 23.1 Å². The predicted molar refractivity (Wildman–Crippen MR) is 105 cm³/mol. The van der Waals surface area contributed by atoms with Crippen molar-refractivity contribution in [2.24, 2.45) is 0 Å². The van der Waals surface area contributed by atoms with E-state index >= 15 is 0 Å². The summed E-state index contributed by atoms with van der Waals surface area (Å²) in [6, 6.07) is 14.4. The zero-order chi connectivity index (χ0) is 18.0. The molecule has 4 heteroatoms. The molecule has 0 bridgehead atoms. The maximum atomic E-state index is 4.63. The summed E-state index contributed by atoms with van der Waals surface area (Å²) >= 11 is 0. The van der Waals surface area contributed by atoms with Gasteiger partial charge in [0.1, 0.15) is 5.82 Å². The van der Waals surface area contributed by atoms with E-state index in [-0.39, 0.29) is 0 Å². The van der Waals surface area contributed by atoms with Crippen LogP contribution in [0.25, 0.3) is 0 Å². The van der Waals surface area contributed by atoms with Crippen molar-refractivity contribution in [3.63, 3.8) is 0 Å². The molecular weight excluding hydrogens is 308 g/mol. The van der Waals surface area contributed by atoms with Gasteiger partial charge in [0, 0.05) is 23.1 Å². The van der Waals surface area contributed by atoms with Crippen molar-refractivity contribution in [2.75, 3.05) is 10.6 Å². The Morgan fingerprint density at radius 2 is 1.24 bits per heavy atom. The fraction of sp³-hybridized carbons (Fsp3) is 0.238. The summed E-state index contributed by atoms with van der Waals surface area (Å²) in [5, 5.41) is 6.76. The largest absolute Gasteiger partial charge is 0.340 e. The molecule has 128 valence electrons. The van der Waals surface area contributed by atoms with Gasteiger partial charge in [0.05, 0.1) is 0 Å². The van der Waals surface area contributed by atoms with Crippen molar-refractivity contribution in [3.8, 4) is 0 Å². The first kappa shape index (κ1) is 17.0. The van der Waals surface area contributed by atoms with E-state index in [4.69, 9.17) is 0 Å². The quantitative estimate of drug-likeness (QED) is 0.662. The molecule has 0 radical (unpaired) electrons. The van der Waals surface area contributed by atoms with E-state index < -0.39 is 0 Å². The van der Waals surface area contributed by atoms with Crippen molar-refractivity contribution in [1.82, 2.24) is 9.97 Å². The number of hydrogen-bond acceptors (Lipinski definition) is 4. The minimum absolute atomic E-state index is 0.599. The number of benzene rings is 2. The molecule has 25 heavy (non-hydrogen) atoms. The normalized spacial score (nSPS) is 10.6. The molecule has 0 atom stereocenters. The predicted octanol–water partition coefficient (Wildman–Crippen LogP) is 5.51. The second kappa shape index (κ2) is 6.93. The number of nitrogens with zero attached hydrogens (tertiary/aromatic N) is 2. The van der Waals surface area contributed by atoms with Gasteiger partial charge in [0.2, 0.25) is 5.95 Å². The lowest BCUT2D eigenvalue weighted by Crippen LogP contribution is -2.04. The lowest BCUT2D eigenvalue weighted by atomic mass is 10.1. The molecule has 2 N–H and O–H groups in total. The van der Waals surface area contributed by atoms with E-state index in [2.05, 4.69) is 66.5 Å². The van der Waals surface area contributed by atoms with Crippen molar-refractivity contribution in [3.05, 3.63) is 70.4 Å². The minimum Gasteiger partial charge on any atom is -0.340 e. The molecule has 1 heterocycles. The molecule has 0 fully saturated rings. The Balaban J connectivity index is 1.90. The number of anilines is 4. The number of aryl methyl sites for hydroxylation is 3. The molecule has 3 rings (SSSR count). The van der Waals surface area contributed by atoms with Gasteiger partial charge >= 0.3 is 0 Å². The molecule has 0 unspecified atom stereocenters. The van der Waals surface area contributed by atoms with Crippen LogP contribution in [0.5, 0.6) is 0 Å². The fourth-order valence-corrected chi connectivity index (χ4v) is 2.72. The van der Waals surface area contributed by atoms with Crippen LogP contribution >= 0.6 is 0 Å². The zero-order valence-electron chi connectivity index (χ0n) is 15.4. The van der Waals surface area contributed by atoms with Crippen LogP contribution in [0.3, 0.4) is 0 Å². The molecule has 4 nitrogen and oxygen atoms in total. The van der Waals surface area contributed by atoms with Crippen LogP contribution in [0.15, 0.2) is 42.5 Å². The van der Waals surface area contributed by atoms with E-state index in [1.54, 1.807) is 0 Å². The standard InChI is InChI=1S/C21H24N4/c1-13-8-6-10-18(16(13)4)23-20-12-15(3)22-21(25-20)24-19-11-7-9-14(2)17(19)5/h6-12H,1-5H3,(H2,22,23,24,25). The first-order valence-electron chi connectivity index (χ1n) is 8.46. The second-order valence-electron chi connectivity index (χ2n) is 6.46. The van der Waals surface area contributed by atoms with E-state index in [0.29, 0.717) is 5.95 Å². The van der Waals surface area contributed by atoms with Gasteiger partial charge in [-0.1, -0.05) is 24.3 Å². The van der Waals surface area contributed by atoms with E-state index in [1.165, 1.54) is 22.3 Å². The van der Waals surface area contributed by atoms with Gasteiger partial charge in [-0.2, -0.15) is 4.98 Å². The maximum Gasteiger partial charge on any atom is 0.229 e. The SMILES string of the molecule is Cc1cc(Nc2cccc(C)c2C)nc(Nc2cccc(C)c2C)n1. The Hall–Kier alpha value is -2.88. The summed E-state index contributed by atoms with van der Waals surface area (Å²) in [6.45, 7) is 10.4. The highest BCUT2D eigenvalue weighted by Gasteiger charge is 2.07. The minimum atomic E-state index is 0.599. The fourth-order valence-electron chi connectivity index (χ4n) is 2.72. The summed E-state index contributed by atoms with van der Waals surface area (Å²) in [5.41, 5.74) is 7.94. The van der Waals surface area contributed by atoms with Gasteiger partial charge in [-0.3, -0.25) is 0 Å². The lowest BCUT2D eigenvalue weighted by molar-refractivity contribution is 1.10. The lowest BCUT2D eigenvalue weighted by Gasteiger charge is -2.14. The number of hydrogen-bond donors (Lipinski definition) is 2. The van der Waals surface area contributed by atoms with Gasteiger partial charge < -0.3 is 10.6 Å².